The number of hydrogen-bond donors (Lipinski definition) is 2. The molecule has 50 valence electrons. The Kier molecular flexibility index (Phi) is 1.42. The van der Waals surface area contributed by atoms with E-state index in [1.807, 2.05) is 0 Å². The fourth-order valence-corrected chi connectivity index (χ4v) is 0.554. The summed E-state index contributed by atoms with van der Waals surface area (Å²) < 4.78 is 0. The van der Waals surface area contributed by atoms with Gasteiger partial charge in [-0.15, -0.1) is 0 Å². The van der Waals surface area contributed by atoms with E-state index >= 15 is 0 Å². The van der Waals surface area contributed by atoms with Crippen molar-refractivity contribution in [3.05, 3.63) is 17.8 Å². The first-order valence-electron chi connectivity index (χ1n) is 2.58. The predicted octanol–water partition coefficient (Wildman–Crippen LogP) is 0.241. The molecular formula is C6H5N3O. The maximum absolute atomic E-state index is 8.80. The van der Waals surface area contributed by atoms with E-state index in [0.717, 1.165) is 0 Å². The first-order chi connectivity index (χ1) is 4.74. The van der Waals surface area contributed by atoms with Crippen molar-refractivity contribution in [3.63, 3.8) is 0 Å². The fourth-order valence-electron chi connectivity index (χ4n) is 0.554. The van der Waals surface area contributed by atoms with Gasteiger partial charge in [0, 0.05) is 6.07 Å². The number of nitrogens with zero attached hydrogens (tertiary/aromatic N) is 2. The zero-order chi connectivity index (χ0) is 7.56. The lowest BCUT2D eigenvalue weighted by Gasteiger charge is -1.94. The molecular weight excluding hydrogens is 130 g/mol. The Morgan fingerprint density at radius 2 is 2.40 bits per heavy atom. The number of rotatable bonds is 0. The molecule has 0 spiro atoms. The third-order valence-electron chi connectivity index (χ3n) is 1.02. The first kappa shape index (κ1) is 6.36. The van der Waals surface area contributed by atoms with Gasteiger partial charge in [0.05, 0.1) is 11.8 Å². The second-order valence-electron chi connectivity index (χ2n) is 1.74. The molecule has 0 fully saturated rings. The number of nitrogen functional groups attached to an aromatic ring is 1. The Labute approximate surface area is 57.5 Å². The SMILES string of the molecule is N#Cc1cc(O)cnc1N. The lowest BCUT2D eigenvalue weighted by atomic mass is 10.3. The highest BCUT2D eigenvalue weighted by molar-refractivity contribution is 5.50. The summed E-state index contributed by atoms with van der Waals surface area (Å²) in [5, 5.41) is 17.2. The maximum Gasteiger partial charge on any atom is 0.141 e. The molecule has 4 heteroatoms. The minimum Gasteiger partial charge on any atom is -0.506 e. The third-order valence-corrected chi connectivity index (χ3v) is 1.02. The minimum atomic E-state index is -0.0502. The predicted molar refractivity (Wildman–Crippen MR) is 35.0 cm³/mol. The van der Waals surface area contributed by atoms with E-state index in [9.17, 15) is 0 Å². The second-order valence-corrected chi connectivity index (χ2v) is 1.74. The zero-order valence-corrected chi connectivity index (χ0v) is 5.07. The van der Waals surface area contributed by atoms with Gasteiger partial charge in [0.1, 0.15) is 17.6 Å². The molecule has 0 bridgehead atoms. The summed E-state index contributed by atoms with van der Waals surface area (Å²) >= 11 is 0. The van der Waals surface area contributed by atoms with Crippen LogP contribution in [0.5, 0.6) is 5.75 Å². The van der Waals surface area contributed by atoms with Gasteiger partial charge < -0.3 is 10.8 Å². The molecule has 1 aromatic heterocycles. The molecule has 0 atom stereocenters. The van der Waals surface area contributed by atoms with E-state index < -0.39 is 0 Å². The zero-order valence-electron chi connectivity index (χ0n) is 5.07. The van der Waals surface area contributed by atoms with Crippen molar-refractivity contribution in [2.24, 2.45) is 0 Å². The Hall–Kier alpha value is -1.76. The van der Waals surface area contributed by atoms with Gasteiger partial charge in [0.25, 0.3) is 0 Å². The minimum absolute atomic E-state index is 0.0502. The quantitative estimate of drug-likeness (QED) is 0.533. The van der Waals surface area contributed by atoms with Crippen molar-refractivity contribution in [2.45, 2.75) is 0 Å². The Morgan fingerprint density at radius 1 is 1.70 bits per heavy atom. The molecule has 0 aliphatic heterocycles. The lowest BCUT2D eigenvalue weighted by molar-refractivity contribution is 0.472. The van der Waals surface area contributed by atoms with E-state index in [1.165, 1.54) is 12.3 Å². The smallest absolute Gasteiger partial charge is 0.141 e. The van der Waals surface area contributed by atoms with E-state index in [-0.39, 0.29) is 17.1 Å². The highest BCUT2D eigenvalue weighted by atomic mass is 16.3. The molecule has 0 unspecified atom stereocenters. The summed E-state index contributed by atoms with van der Waals surface area (Å²) in [5.41, 5.74) is 5.45. The van der Waals surface area contributed by atoms with E-state index in [4.69, 9.17) is 16.1 Å². The summed E-state index contributed by atoms with van der Waals surface area (Å²) in [7, 11) is 0. The summed E-state index contributed by atoms with van der Waals surface area (Å²) in [6.07, 6.45) is 1.19. The Balaban J connectivity index is 3.25. The molecule has 1 aromatic rings. The largest absolute Gasteiger partial charge is 0.506 e. The molecule has 4 nitrogen and oxygen atoms in total. The molecule has 10 heavy (non-hydrogen) atoms. The highest BCUT2D eigenvalue weighted by Gasteiger charge is 1.98. The van der Waals surface area contributed by atoms with Crippen LogP contribution in [-0.2, 0) is 0 Å². The van der Waals surface area contributed by atoms with Crippen molar-refractivity contribution in [1.29, 1.82) is 5.26 Å². The van der Waals surface area contributed by atoms with Crippen LogP contribution in [0.2, 0.25) is 0 Å². The number of nitriles is 1. The normalized spacial score (nSPS) is 8.70. The van der Waals surface area contributed by atoms with Crippen molar-refractivity contribution < 1.29 is 5.11 Å². The Bertz CT molecular complexity index is 290. The molecule has 0 saturated heterocycles. The number of aromatic nitrogens is 1. The standard InChI is InChI=1S/C6H5N3O/c7-2-4-1-5(10)3-9-6(4)8/h1,3,10H,(H2,8,9). The fraction of sp³-hybridized carbons (Fsp3) is 0. The second kappa shape index (κ2) is 2.23. The van der Waals surface area contributed by atoms with E-state index in [0.29, 0.717) is 0 Å². The summed E-state index contributed by atoms with van der Waals surface area (Å²) in [6.45, 7) is 0. The van der Waals surface area contributed by atoms with Crippen molar-refractivity contribution in [2.75, 3.05) is 5.73 Å². The average Bonchev–Trinajstić information content (AvgIpc) is 1.94. The molecule has 0 amide bonds. The number of anilines is 1. The molecule has 0 aromatic carbocycles. The van der Waals surface area contributed by atoms with Crippen LogP contribution in [0.15, 0.2) is 12.3 Å². The van der Waals surface area contributed by atoms with Gasteiger partial charge in [-0.2, -0.15) is 5.26 Å². The van der Waals surface area contributed by atoms with Crippen LogP contribution in [0.3, 0.4) is 0 Å². The first-order valence-corrected chi connectivity index (χ1v) is 2.58. The Morgan fingerprint density at radius 3 is 2.90 bits per heavy atom. The molecule has 3 N–H and O–H groups in total. The van der Waals surface area contributed by atoms with Crippen LogP contribution < -0.4 is 5.73 Å². The van der Waals surface area contributed by atoms with Crippen LogP contribution in [0.25, 0.3) is 0 Å². The molecule has 0 aliphatic carbocycles. The highest BCUT2D eigenvalue weighted by Crippen LogP contribution is 2.13. The van der Waals surface area contributed by atoms with Crippen molar-refractivity contribution >= 4 is 5.82 Å². The van der Waals surface area contributed by atoms with Crippen LogP contribution in [0.1, 0.15) is 5.56 Å². The number of aromatic hydroxyl groups is 1. The van der Waals surface area contributed by atoms with Crippen molar-refractivity contribution in [1.82, 2.24) is 4.98 Å². The number of nitrogens with two attached hydrogens (primary N) is 1. The van der Waals surface area contributed by atoms with Crippen LogP contribution in [-0.4, -0.2) is 10.1 Å². The van der Waals surface area contributed by atoms with Crippen LogP contribution in [0, 0.1) is 11.3 Å². The maximum atomic E-state index is 8.80. The van der Waals surface area contributed by atoms with Gasteiger partial charge in [-0.3, -0.25) is 0 Å². The van der Waals surface area contributed by atoms with Crippen LogP contribution >= 0.6 is 0 Å². The molecule has 0 radical (unpaired) electrons. The van der Waals surface area contributed by atoms with Gasteiger partial charge in [-0.05, 0) is 0 Å². The molecule has 0 saturated carbocycles. The van der Waals surface area contributed by atoms with E-state index in [2.05, 4.69) is 4.98 Å². The van der Waals surface area contributed by atoms with E-state index in [1.54, 1.807) is 6.07 Å². The third kappa shape index (κ3) is 0.977. The molecule has 1 heterocycles. The average molecular weight is 135 g/mol. The van der Waals surface area contributed by atoms with Gasteiger partial charge in [-0.25, -0.2) is 4.98 Å². The topological polar surface area (TPSA) is 82.9 Å². The monoisotopic (exact) mass is 135 g/mol. The lowest BCUT2D eigenvalue weighted by Crippen LogP contribution is -1.92. The summed E-state index contributed by atoms with van der Waals surface area (Å²) in [5.74, 6) is 0.0889. The van der Waals surface area contributed by atoms with Gasteiger partial charge >= 0.3 is 0 Å². The van der Waals surface area contributed by atoms with Gasteiger partial charge in [-0.1, -0.05) is 0 Å². The van der Waals surface area contributed by atoms with Crippen molar-refractivity contribution in [3.8, 4) is 11.8 Å². The van der Waals surface area contributed by atoms with Gasteiger partial charge in [0.2, 0.25) is 0 Å². The number of hydrogen-bond acceptors (Lipinski definition) is 4. The summed E-state index contributed by atoms with van der Waals surface area (Å²) in [6, 6.07) is 3.05. The van der Waals surface area contributed by atoms with Gasteiger partial charge in [0.15, 0.2) is 0 Å². The molecule has 0 aliphatic rings. The molecule has 1 rings (SSSR count). The summed E-state index contributed by atoms with van der Waals surface area (Å²) in [4.78, 5) is 3.55. The number of pyridine rings is 1. The van der Waals surface area contributed by atoms with Crippen LogP contribution in [0.4, 0.5) is 5.82 Å².